The second kappa shape index (κ2) is 8.95. The van der Waals surface area contributed by atoms with Gasteiger partial charge in [0.2, 0.25) is 0 Å². The van der Waals surface area contributed by atoms with E-state index in [9.17, 15) is 0 Å². The molecule has 0 spiro atoms. The van der Waals surface area contributed by atoms with Gasteiger partial charge in [-0.25, -0.2) is 0 Å². The summed E-state index contributed by atoms with van der Waals surface area (Å²) in [6.45, 7) is 0. The summed E-state index contributed by atoms with van der Waals surface area (Å²) in [5.74, 6) is 0. The second-order valence-electron chi connectivity index (χ2n) is 11.0. The van der Waals surface area contributed by atoms with E-state index in [1.54, 1.807) is 0 Å². The van der Waals surface area contributed by atoms with Crippen LogP contribution in [0.2, 0.25) is 0 Å². The van der Waals surface area contributed by atoms with Crippen molar-refractivity contribution in [1.82, 2.24) is 8.97 Å². The minimum Gasteiger partial charge on any atom is -0.307 e. The van der Waals surface area contributed by atoms with Gasteiger partial charge in [-0.1, -0.05) is 127 Å². The van der Waals surface area contributed by atoms with Crippen LogP contribution in [0.3, 0.4) is 0 Å². The number of para-hydroxylation sites is 2. The fourth-order valence-electron chi connectivity index (χ4n) is 6.92. The van der Waals surface area contributed by atoms with Gasteiger partial charge in [-0.15, -0.1) is 0 Å². The summed E-state index contributed by atoms with van der Waals surface area (Å²) in [7, 11) is 0. The molecule has 0 unspecified atom stereocenters. The number of rotatable bonds is 3. The Hall–Kier alpha value is -5.60. The number of benzene rings is 6. The Morgan fingerprint density at radius 2 is 0.929 bits per heavy atom. The predicted molar refractivity (Wildman–Crippen MR) is 178 cm³/mol. The van der Waals surface area contributed by atoms with Crippen LogP contribution in [0.15, 0.2) is 158 Å². The summed E-state index contributed by atoms with van der Waals surface area (Å²) in [6, 6.07) is 57.1. The Labute approximate surface area is 243 Å². The number of aromatic nitrogens is 2. The summed E-state index contributed by atoms with van der Waals surface area (Å²) < 4.78 is 5.00. The minimum atomic E-state index is 1.16. The molecule has 0 N–H and O–H groups in total. The third-order valence-corrected chi connectivity index (χ3v) is 8.66. The first-order valence-electron chi connectivity index (χ1n) is 14.5. The number of nitrogens with zero attached hydrogens (tertiary/aromatic N) is 2. The Morgan fingerprint density at radius 3 is 1.67 bits per heavy atom. The van der Waals surface area contributed by atoms with Crippen LogP contribution in [-0.2, 0) is 0 Å². The second-order valence-corrected chi connectivity index (χ2v) is 11.0. The van der Waals surface area contributed by atoms with Crippen LogP contribution in [0, 0.1) is 0 Å². The third-order valence-electron chi connectivity index (χ3n) is 8.66. The molecular formula is C40H26N2. The largest absolute Gasteiger partial charge is 0.307 e. The van der Waals surface area contributed by atoms with E-state index < -0.39 is 0 Å². The monoisotopic (exact) mass is 534 g/mol. The molecule has 0 aliphatic carbocycles. The third kappa shape index (κ3) is 3.21. The van der Waals surface area contributed by atoms with E-state index in [-0.39, 0.29) is 0 Å². The quantitative estimate of drug-likeness (QED) is 0.199. The maximum atomic E-state index is 2.53. The highest BCUT2D eigenvalue weighted by atomic mass is 15.0. The lowest BCUT2D eigenvalue weighted by Gasteiger charge is -2.13. The molecule has 2 nitrogen and oxygen atoms in total. The van der Waals surface area contributed by atoms with E-state index in [0.29, 0.717) is 0 Å². The van der Waals surface area contributed by atoms with Crippen molar-refractivity contribution in [2.75, 3.05) is 0 Å². The maximum Gasteiger partial charge on any atom is 0.0810 e. The average molecular weight is 535 g/mol. The van der Waals surface area contributed by atoms with E-state index >= 15 is 0 Å². The number of pyridine rings is 1. The molecule has 0 atom stereocenters. The molecule has 0 saturated carbocycles. The van der Waals surface area contributed by atoms with Crippen LogP contribution in [0.25, 0.3) is 77.1 Å². The first-order chi connectivity index (χ1) is 20.9. The van der Waals surface area contributed by atoms with Gasteiger partial charge in [0.05, 0.1) is 27.6 Å². The zero-order valence-electron chi connectivity index (χ0n) is 22.9. The molecule has 3 heterocycles. The van der Waals surface area contributed by atoms with Crippen LogP contribution in [0.1, 0.15) is 0 Å². The molecule has 42 heavy (non-hydrogen) atoms. The van der Waals surface area contributed by atoms with Crippen molar-refractivity contribution in [2.24, 2.45) is 0 Å². The first kappa shape index (κ1) is 23.1. The Balaban J connectivity index is 1.61. The molecule has 3 aromatic heterocycles. The first-order valence-corrected chi connectivity index (χ1v) is 14.5. The standard InChI is InChI=1S/C40H26N2/c1-4-14-27(15-5-1)29-24-25-36-34(26-29)39-40(41(36)30-18-8-3-9-19-30)37(28-16-6-2-7-17-28)38-33-22-11-10-20-31(33)32-21-12-13-23-35(32)42(38)39/h1-26H. The Bertz CT molecular complexity index is 2430. The molecule has 0 aliphatic heterocycles. The normalized spacial score (nSPS) is 11.8. The molecule has 0 fully saturated rings. The fourth-order valence-corrected chi connectivity index (χ4v) is 6.92. The number of hydrogen-bond acceptors (Lipinski definition) is 0. The molecule has 196 valence electrons. The van der Waals surface area contributed by atoms with Gasteiger partial charge >= 0.3 is 0 Å². The molecule has 0 aliphatic rings. The summed E-state index contributed by atoms with van der Waals surface area (Å²) in [4.78, 5) is 0. The van der Waals surface area contributed by atoms with Crippen LogP contribution >= 0.6 is 0 Å². The minimum absolute atomic E-state index is 1.16. The molecule has 9 aromatic rings. The average Bonchev–Trinajstić information content (AvgIpc) is 3.59. The summed E-state index contributed by atoms with van der Waals surface area (Å²) >= 11 is 0. The van der Waals surface area contributed by atoms with Crippen molar-refractivity contribution in [1.29, 1.82) is 0 Å². The number of hydrogen-bond donors (Lipinski definition) is 0. The highest BCUT2D eigenvalue weighted by molar-refractivity contribution is 6.26. The lowest BCUT2D eigenvalue weighted by Crippen LogP contribution is -1.95. The highest BCUT2D eigenvalue weighted by Crippen LogP contribution is 2.47. The molecule has 0 saturated heterocycles. The maximum absolute atomic E-state index is 2.53. The van der Waals surface area contributed by atoms with E-state index in [2.05, 4.69) is 167 Å². The van der Waals surface area contributed by atoms with Crippen LogP contribution in [-0.4, -0.2) is 8.97 Å². The lowest BCUT2D eigenvalue weighted by atomic mass is 10.00. The summed E-state index contributed by atoms with van der Waals surface area (Å²) in [5, 5.41) is 5.04. The van der Waals surface area contributed by atoms with Crippen molar-refractivity contribution in [3.05, 3.63) is 158 Å². The smallest absolute Gasteiger partial charge is 0.0810 e. The molecular weight excluding hydrogens is 508 g/mol. The molecule has 6 aromatic carbocycles. The van der Waals surface area contributed by atoms with Gasteiger partial charge in [0, 0.05) is 27.4 Å². The molecule has 0 bridgehead atoms. The van der Waals surface area contributed by atoms with Crippen LogP contribution < -0.4 is 0 Å². The van der Waals surface area contributed by atoms with Gasteiger partial charge in [0.25, 0.3) is 0 Å². The van der Waals surface area contributed by atoms with E-state index in [0.717, 1.165) is 5.69 Å². The Kier molecular flexibility index (Phi) is 4.93. The van der Waals surface area contributed by atoms with Crippen molar-refractivity contribution in [2.45, 2.75) is 0 Å². The van der Waals surface area contributed by atoms with Gasteiger partial charge < -0.3 is 8.97 Å². The van der Waals surface area contributed by atoms with Crippen molar-refractivity contribution >= 4 is 49.1 Å². The lowest BCUT2D eigenvalue weighted by molar-refractivity contribution is 1.18. The molecule has 2 heteroatoms. The zero-order chi connectivity index (χ0) is 27.6. The van der Waals surface area contributed by atoms with Gasteiger partial charge in [-0.3, -0.25) is 0 Å². The SMILES string of the molecule is c1ccc(-c2ccc3c(c2)c2c(c(-c4ccccc4)c4c5ccccc5c5ccccc5n42)n3-c2ccccc2)cc1. The van der Waals surface area contributed by atoms with Gasteiger partial charge in [-0.05, 0) is 52.4 Å². The molecule has 0 amide bonds. The van der Waals surface area contributed by atoms with E-state index in [1.165, 1.54) is 71.4 Å². The van der Waals surface area contributed by atoms with Crippen molar-refractivity contribution in [3.63, 3.8) is 0 Å². The predicted octanol–water partition coefficient (Wildman–Crippen LogP) is 10.7. The van der Waals surface area contributed by atoms with E-state index in [1.807, 2.05) is 0 Å². The summed E-state index contributed by atoms with van der Waals surface area (Å²) in [6.07, 6.45) is 0. The van der Waals surface area contributed by atoms with Crippen LogP contribution in [0.5, 0.6) is 0 Å². The van der Waals surface area contributed by atoms with Crippen molar-refractivity contribution < 1.29 is 0 Å². The molecule has 9 rings (SSSR count). The van der Waals surface area contributed by atoms with Gasteiger partial charge in [0.15, 0.2) is 0 Å². The van der Waals surface area contributed by atoms with Crippen LogP contribution in [0.4, 0.5) is 0 Å². The van der Waals surface area contributed by atoms with Gasteiger partial charge in [-0.2, -0.15) is 0 Å². The highest BCUT2D eigenvalue weighted by Gasteiger charge is 2.26. The summed E-state index contributed by atoms with van der Waals surface area (Å²) in [5.41, 5.74) is 12.2. The fraction of sp³-hybridized carbons (Fsp3) is 0. The Morgan fingerprint density at radius 1 is 0.333 bits per heavy atom. The number of fused-ring (bicyclic) bond motifs is 10. The zero-order valence-corrected chi connectivity index (χ0v) is 22.9. The topological polar surface area (TPSA) is 9.34 Å². The van der Waals surface area contributed by atoms with Gasteiger partial charge in [0.1, 0.15) is 0 Å². The van der Waals surface area contributed by atoms with E-state index in [4.69, 9.17) is 0 Å². The molecule has 0 radical (unpaired) electrons. The van der Waals surface area contributed by atoms with Crippen molar-refractivity contribution in [3.8, 4) is 27.9 Å².